The minimum atomic E-state index is -0.850. The number of aliphatic hydroxyl groups excluding tert-OH is 1. The van der Waals surface area contributed by atoms with Gasteiger partial charge in [0.2, 0.25) is 0 Å². The van der Waals surface area contributed by atoms with Gasteiger partial charge in [0, 0.05) is 6.54 Å². The van der Waals surface area contributed by atoms with Crippen molar-refractivity contribution in [2.45, 2.75) is 25.9 Å². The molecule has 7 heteroatoms. The average Bonchev–Trinajstić information content (AvgIpc) is 3.56. The molecule has 32 heavy (non-hydrogen) atoms. The lowest BCUT2D eigenvalue weighted by atomic mass is 10.1. The second-order valence-corrected chi connectivity index (χ2v) is 9.26. The first-order valence-electron chi connectivity index (χ1n) is 10.7. The predicted molar refractivity (Wildman–Crippen MR) is 125 cm³/mol. The van der Waals surface area contributed by atoms with Crippen LogP contribution in [0.25, 0.3) is 10.4 Å². The third kappa shape index (κ3) is 4.95. The summed E-state index contributed by atoms with van der Waals surface area (Å²) in [6, 6.07) is 15.2. The molecule has 1 fully saturated rings. The highest BCUT2D eigenvalue weighted by molar-refractivity contribution is 7.15. The lowest BCUT2D eigenvalue weighted by Crippen LogP contribution is -2.37. The van der Waals surface area contributed by atoms with Crippen LogP contribution in [0.15, 0.2) is 48.5 Å². The second kappa shape index (κ2) is 9.71. The van der Waals surface area contributed by atoms with E-state index >= 15 is 0 Å². The summed E-state index contributed by atoms with van der Waals surface area (Å²) in [5.74, 6) is 1.49. The smallest absolute Gasteiger partial charge is 0.274 e. The van der Waals surface area contributed by atoms with E-state index in [1.807, 2.05) is 37.3 Å². The van der Waals surface area contributed by atoms with E-state index in [1.165, 1.54) is 11.3 Å². The Bertz CT molecular complexity index is 1080. The number of hydrogen-bond acceptors (Lipinski definition) is 6. The van der Waals surface area contributed by atoms with Gasteiger partial charge in [-0.2, -0.15) is 0 Å². The van der Waals surface area contributed by atoms with Gasteiger partial charge in [-0.1, -0.05) is 36.4 Å². The van der Waals surface area contributed by atoms with Gasteiger partial charge < -0.3 is 19.5 Å². The first-order chi connectivity index (χ1) is 15.5. The maximum atomic E-state index is 13.6. The number of ether oxygens (including phenoxy) is 2. The van der Waals surface area contributed by atoms with Crippen molar-refractivity contribution in [2.75, 3.05) is 27.3 Å². The van der Waals surface area contributed by atoms with Crippen LogP contribution in [0.1, 0.15) is 40.0 Å². The molecule has 1 amide bonds. The molecule has 1 N–H and O–H groups in total. The predicted octanol–water partition coefficient (Wildman–Crippen LogP) is 4.72. The Morgan fingerprint density at radius 3 is 2.53 bits per heavy atom. The molecule has 1 aliphatic carbocycles. The van der Waals surface area contributed by atoms with E-state index in [-0.39, 0.29) is 12.5 Å². The molecular weight excluding hydrogens is 424 g/mol. The van der Waals surface area contributed by atoms with Crippen molar-refractivity contribution < 1.29 is 19.4 Å². The number of aryl methyl sites for hydroxylation is 1. The molecule has 0 bridgehead atoms. The number of amides is 1. The van der Waals surface area contributed by atoms with Crippen molar-refractivity contribution >= 4 is 17.2 Å². The Hall–Kier alpha value is -2.90. The highest BCUT2D eigenvalue weighted by atomic mass is 32.1. The fourth-order valence-electron chi connectivity index (χ4n) is 3.73. The Labute approximate surface area is 192 Å². The number of carbonyl (C=O) groups is 1. The fraction of sp³-hybridized carbons (Fsp3) is 0.360. The molecule has 4 rings (SSSR count). The summed E-state index contributed by atoms with van der Waals surface area (Å²) in [6.07, 6.45) is 1.37. The van der Waals surface area contributed by atoms with Crippen LogP contribution >= 0.6 is 11.3 Å². The summed E-state index contributed by atoms with van der Waals surface area (Å²) >= 11 is 1.52. The van der Waals surface area contributed by atoms with Crippen LogP contribution in [0.5, 0.6) is 11.5 Å². The zero-order valence-electron chi connectivity index (χ0n) is 18.6. The molecule has 1 heterocycles. The molecule has 168 valence electrons. The summed E-state index contributed by atoms with van der Waals surface area (Å²) < 4.78 is 10.7. The highest BCUT2D eigenvalue weighted by Gasteiger charge is 2.31. The first-order valence-corrected chi connectivity index (χ1v) is 11.5. The van der Waals surface area contributed by atoms with Gasteiger partial charge in [0.15, 0.2) is 11.5 Å². The summed E-state index contributed by atoms with van der Waals surface area (Å²) in [7, 11) is 3.14. The number of aromatic nitrogens is 1. The van der Waals surface area contributed by atoms with Gasteiger partial charge in [-0.3, -0.25) is 4.79 Å². The number of nitrogens with zero attached hydrogens (tertiary/aromatic N) is 2. The summed E-state index contributed by atoms with van der Waals surface area (Å²) in [5, 5.41) is 11.8. The fourth-order valence-corrected chi connectivity index (χ4v) is 4.65. The molecule has 1 unspecified atom stereocenters. The van der Waals surface area contributed by atoms with Crippen molar-refractivity contribution in [1.29, 1.82) is 0 Å². The van der Waals surface area contributed by atoms with Gasteiger partial charge in [-0.05, 0) is 48.9 Å². The number of rotatable bonds is 9. The van der Waals surface area contributed by atoms with Gasteiger partial charge >= 0.3 is 0 Å². The number of aliphatic hydroxyl groups is 1. The Kier molecular flexibility index (Phi) is 6.77. The zero-order chi connectivity index (χ0) is 22.7. The van der Waals surface area contributed by atoms with Crippen molar-refractivity contribution in [3.63, 3.8) is 0 Å². The Morgan fingerprint density at radius 2 is 1.88 bits per heavy atom. The average molecular weight is 453 g/mol. The summed E-state index contributed by atoms with van der Waals surface area (Å²) in [6.45, 7) is 2.72. The maximum absolute atomic E-state index is 13.6. The van der Waals surface area contributed by atoms with Crippen LogP contribution in [0.2, 0.25) is 0 Å². The zero-order valence-corrected chi connectivity index (χ0v) is 19.4. The van der Waals surface area contributed by atoms with Gasteiger partial charge in [0.05, 0.1) is 36.8 Å². The van der Waals surface area contributed by atoms with E-state index in [2.05, 4.69) is 4.98 Å². The van der Waals surface area contributed by atoms with Crippen LogP contribution in [0.4, 0.5) is 0 Å². The van der Waals surface area contributed by atoms with E-state index in [0.717, 1.165) is 28.3 Å². The van der Waals surface area contributed by atoms with Gasteiger partial charge in [0.25, 0.3) is 5.91 Å². The van der Waals surface area contributed by atoms with Crippen molar-refractivity contribution in [2.24, 2.45) is 5.92 Å². The summed E-state index contributed by atoms with van der Waals surface area (Å²) in [4.78, 5) is 20.8. The lowest BCUT2D eigenvalue weighted by Gasteiger charge is -2.26. The third-order valence-corrected chi connectivity index (χ3v) is 6.64. The molecule has 0 saturated heterocycles. The van der Waals surface area contributed by atoms with E-state index in [1.54, 1.807) is 37.3 Å². The largest absolute Gasteiger partial charge is 0.493 e. The van der Waals surface area contributed by atoms with Crippen LogP contribution in [-0.4, -0.2) is 48.2 Å². The van der Waals surface area contributed by atoms with E-state index < -0.39 is 6.10 Å². The van der Waals surface area contributed by atoms with Crippen LogP contribution in [0, 0.1) is 12.8 Å². The number of benzene rings is 2. The van der Waals surface area contributed by atoms with Gasteiger partial charge in [-0.25, -0.2) is 4.98 Å². The Balaban J connectivity index is 1.60. The number of thiazole rings is 1. The van der Waals surface area contributed by atoms with E-state index in [4.69, 9.17) is 9.47 Å². The van der Waals surface area contributed by atoms with Crippen molar-refractivity contribution in [3.8, 4) is 21.9 Å². The molecule has 1 aliphatic rings. The minimum Gasteiger partial charge on any atom is -0.493 e. The normalized spacial score (nSPS) is 14.1. The van der Waals surface area contributed by atoms with E-state index in [0.29, 0.717) is 35.2 Å². The Morgan fingerprint density at radius 1 is 1.16 bits per heavy atom. The number of carbonyl (C=O) groups excluding carboxylic acids is 1. The monoisotopic (exact) mass is 452 g/mol. The second-order valence-electron chi connectivity index (χ2n) is 8.06. The quantitative estimate of drug-likeness (QED) is 0.509. The molecule has 0 aliphatic heterocycles. The number of hydrogen-bond donors (Lipinski definition) is 1. The first kappa shape index (κ1) is 22.3. The molecule has 0 spiro atoms. The molecular formula is C25H28N2O4S. The molecule has 1 atom stereocenters. The standard InChI is InChI=1S/C25H28N2O4S/c1-16-26-23(24(32-16)18-7-5-4-6-8-18)25(29)27(14-17-9-10-17)15-20(28)19-11-12-21(30-2)22(13-19)31-3/h4-8,11-13,17,20,28H,9-10,14-15H2,1-3H3. The lowest BCUT2D eigenvalue weighted by molar-refractivity contribution is 0.0606. The molecule has 0 radical (unpaired) electrons. The molecule has 2 aromatic carbocycles. The van der Waals surface area contributed by atoms with Gasteiger partial charge in [-0.15, -0.1) is 11.3 Å². The van der Waals surface area contributed by atoms with Gasteiger partial charge in [0.1, 0.15) is 5.69 Å². The highest BCUT2D eigenvalue weighted by Crippen LogP contribution is 2.35. The van der Waals surface area contributed by atoms with Crippen LogP contribution in [-0.2, 0) is 0 Å². The topological polar surface area (TPSA) is 71.9 Å². The SMILES string of the molecule is COc1ccc(C(O)CN(CC2CC2)C(=O)c2nc(C)sc2-c2ccccc2)cc1OC. The molecule has 3 aromatic rings. The van der Waals surface area contributed by atoms with E-state index in [9.17, 15) is 9.90 Å². The van der Waals surface area contributed by atoms with Crippen LogP contribution < -0.4 is 9.47 Å². The summed E-state index contributed by atoms with van der Waals surface area (Å²) in [5.41, 5.74) is 2.11. The number of methoxy groups -OCH3 is 2. The minimum absolute atomic E-state index is 0.139. The molecule has 1 aromatic heterocycles. The molecule has 1 saturated carbocycles. The van der Waals surface area contributed by atoms with Crippen molar-refractivity contribution in [1.82, 2.24) is 9.88 Å². The maximum Gasteiger partial charge on any atom is 0.274 e. The van der Waals surface area contributed by atoms with Crippen molar-refractivity contribution in [3.05, 3.63) is 64.8 Å². The third-order valence-electron chi connectivity index (χ3n) is 5.62. The van der Waals surface area contributed by atoms with Crippen LogP contribution in [0.3, 0.4) is 0 Å². The molecule has 6 nitrogen and oxygen atoms in total.